The van der Waals surface area contributed by atoms with Crippen LogP contribution in [0, 0.1) is 16.0 Å². The summed E-state index contributed by atoms with van der Waals surface area (Å²) in [6.07, 6.45) is 3.43. The molecule has 0 spiro atoms. The van der Waals surface area contributed by atoms with Crippen molar-refractivity contribution in [3.8, 4) is 22.6 Å². The Hall–Kier alpha value is -6.17. The minimum Gasteiger partial charge on any atom is -0.456 e. The van der Waals surface area contributed by atoms with Gasteiger partial charge in [-0.3, -0.25) is 19.8 Å². The summed E-state index contributed by atoms with van der Waals surface area (Å²) in [7, 11) is -4.56. The number of hydrogen-bond donors (Lipinski definition) is 3. The maximum Gasteiger partial charge on any atom is 0.293 e. The van der Waals surface area contributed by atoms with Crippen molar-refractivity contribution in [2.24, 2.45) is 5.92 Å². The molecule has 6 aromatic rings. The Labute approximate surface area is 382 Å². The first-order chi connectivity index (χ1) is 31.6. The van der Waals surface area contributed by atoms with Gasteiger partial charge in [-0.2, -0.15) is 0 Å². The molecule has 0 atom stereocenters. The van der Waals surface area contributed by atoms with E-state index >= 15 is 0 Å². The summed E-state index contributed by atoms with van der Waals surface area (Å²) in [4.78, 5) is 35.3. The molecular formula is C48H50ClN7O8S. The molecule has 0 radical (unpaired) electrons. The van der Waals surface area contributed by atoms with Crippen LogP contribution in [0.3, 0.4) is 0 Å². The molecule has 5 aromatic carbocycles. The molecule has 338 valence electrons. The van der Waals surface area contributed by atoms with E-state index in [4.69, 9.17) is 25.8 Å². The van der Waals surface area contributed by atoms with Crippen LogP contribution in [-0.4, -0.2) is 101 Å². The van der Waals surface area contributed by atoms with Crippen molar-refractivity contribution in [2.75, 3.05) is 87.4 Å². The number of ether oxygens (including phenoxy) is 3. The van der Waals surface area contributed by atoms with Crippen molar-refractivity contribution in [3.05, 3.63) is 136 Å². The number of nitrogens with one attached hydrogen (secondary N) is 3. The first-order valence-electron chi connectivity index (χ1n) is 21.8. The number of sulfonamides is 1. The minimum absolute atomic E-state index is 0.0253. The third kappa shape index (κ3) is 10.2. The second-order valence-electron chi connectivity index (χ2n) is 16.5. The fraction of sp³-hybridized carbons (Fsp3) is 0.312. The number of rotatable bonds is 14. The highest BCUT2D eigenvalue weighted by molar-refractivity contribution is 7.90. The van der Waals surface area contributed by atoms with E-state index in [1.54, 1.807) is 30.5 Å². The Kier molecular flexibility index (Phi) is 13.2. The zero-order valence-electron chi connectivity index (χ0n) is 35.7. The van der Waals surface area contributed by atoms with Crippen LogP contribution in [-0.2, 0) is 26.0 Å². The van der Waals surface area contributed by atoms with Crippen LogP contribution >= 0.6 is 11.6 Å². The number of fused-ring (bicyclic) bond motifs is 1. The molecule has 17 heteroatoms. The van der Waals surface area contributed by atoms with Crippen LogP contribution in [0.2, 0.25) is 5.02 Å². The van der Waals surface area contributed by atoms with E-state index in [0.29, 0.717) is 56.8 Å². The van der Waals surface area contributed by atoms with Gasteiger partial charge in [0.2, 0.25) is 0 Å². The highest BCUT2D eigenvalue weighted by atomic mass is 35.5. The number of morpholine rings is 1. The summed E-state index contributed by atoms with van der Waals surface area (Å²) in [5.74, 6) is -0.0555. The number of benzene rings is 5. The maximum atomic E-state index is 14.0. The quantitative estimate of drug-likeness (QED) is 0.0707. The number of halogens is 1. The summed E-state index contributed by atoms with van der Waals surface area (Å²) in [5, 5.41) is 16.7. The number of nitrogens with zero attached hydrogens (tertiary/aromatic N) is 4. The molecule has 0 aliphatic carbocycles. The SMILES string of the molecule is O=C(NS(=O)(=O)c1ccc(NCC2CCOCC2)c([N+](=O)[O-])c1)c1ccc(N2CCN(Cc3cc(N4CCOCC4)ccc3-c3ccc(Cl)cc3)CC2)cc1Oc1cccc2[nH]ccc12. The molecule has 3 N–H and O–H groups in total. The predicted octanol–water partition coefficient (Wildman–Crippen LogP) is 8.30. The van der Waals surface area contributed by atoms with Gasteiger partial charge in [-0.1, -0.05) is 35.9 Å². The van der Waals surface area contributed by atoms with E-state index in [1.807, 2.05) is 30.3 Å². The van der Waals surface area contributed by atoms with Gasteiger partial charge in [0.1, 0.15) is 17.2 Å². The average Bonchev–Trinajstić information content (AvgIpc) is 3.82. The molecule has 3 aliphatic rings. The van der Waals surface area contributed by atoms with E-state index in [9.17, 15) is 23.3 Å². The van der Waals surface area contributed by atoms with E-state index in [-0.39, 0.29) is 22.9 Å². The number of nitro groups is 1. The molecule has 3 fully saturated rings. The summed E-state index contributed by atoms with van der Waals surface area (Å²) in [5.41, 5.74) is 6.03. The van der Waals surface area contributed by atoms with Gasteiger partial charge in [-0.25, -0.2) is 13.1 Å². The number of carbonyl (C=O) groups excluding carboxylic acids is 1. The van der Waals surface area contributed by atoms with Crippen LogP contribution in [0.1, 0.15) is 28.8 Å². The average molecular weight is 920 g/mol. The monoisotopic (exact) mass is 919 g/mol. The number of piperazine rings is 1. The number of carbonyl (C=O) groups is 1. The predicted molar refractivity (Wildman–Crippen MR) is 252 cm³/mol. The number of aromatic nitrogens is 1. The molecule has 65 heavy (non-hydrogen) atoms. The molecule has 0 bridgehead atoms. The first kappa shape index (κ1) is 44.1. The molecule has 0 saturated carbocycles. The van der Waals surface area contributed by atoms with Crippen molar-refractivity contribution in [1.29, 1.82) is 0 Å². The minimum atomic E-state index is -4.56. The molecule has 4 heterocycles. The van der Waals surface area contributed by atoms with Gasteiger partial charge in [-0.05, 0) is 102 Å². The van der Waals surface area contributed by atoms with E-state index in [0.717, 1.165) is 79.3 Å². The highest BCUT2D eigenvalue weighted by Crippen LogP contribution is 2.36. The smallest absolute Gasteiger partial charge is 0.293 e. The third-order valence-electron chi connectivity index (χ3n) is 12.4. The second kappa shape index (κ2) is 19.5. The van der Waals surface area contributed by atoms with Gasteiger partial charge in [0.15, 0.2) is 0 Å². The fourth-order valence-corrected chi connectivity index (χ4v) is 9.82. The van der Waals surface area contributed by atoms with Crippen molar-refractivity contribution >= 4 is 61.2 Å². The number of nitro benzene ring substituents is 1. The zero-order chi connectivity index (χ0) is 44.9. The van der Waals surface area contributed by atoms with Crippen LogP contribution in [0.25, 0.3) is 22.0 Å². The highest BCUT2D eigenvalue weighted by Gasteiger charge is 2.28. The van der Waals surface area contributed by atoms with Crippen molar-refractivity contribution in [3.63, 3.8) is 0 Å². The lowest BCUT2D eigenvalue weighted by molar-refractivity contribution is -0.384. The number of aromatic amines is 1. The maximum absolute atomic E-state index is 14.0. The largest absolute Gasteiger partial charge is 0.456 e. The molecule has 1 amide bonds. The summed E-state index contributed by atoms with van der Waals surface area (Å²) in [6.45, 7) is 8.45. The van der Waals surface area contributed by atoms with Gasteiger partial charge in [0, 0.05) is 111 Å². The molecule has 15 nitrogen and oxygen atoms in total. The van der Waals surface area contributed by atoms with E-state index in [1.165, 1.54) is 23.4 Å². The van der Waals surface area contributed by atoms with E-state index in [2.05, 4.69) is 60.1 Å². The number of H-pyrrole nitrogens is 1. The van der Waals surface area contributed by atoms with Crippen LogP contribution in [0.5, 0.6) is 11.5 Å². The number of hydrogen-bond acceptors (Lipinski definition) is 12. The summed E-state index contributed by atoms with van der Waals surface area (Å²) < 4.78 is 47.2. The Morgan fingerprint density at radius 1 is 0.815 bits per heavy atom. The number of amides is 1. The lowest BCUT2D eigenvalue weighted by atomic mass is 9.98. The first-order valence-corrected chi connectivity index (χ1v) is 23.7. The fourth-order valence-electron chi connectivity index (χ4n) is 8.71. The van der Waals surface area contributed by atoms with Crippen LogP contribution in [0.15, 0.2) is 114 Å². The molecule has 1 aromatic heterocycles. The van der Waals surface area contributed by atoms with Crippen LogP contribution in [0.4, 0.5) is 22.7 Å². The molecule has 0 unspecified atom stereocenters. The van der Waals surface area contributed by atoms with Gasteiger partial charge in [0.25, 0.3) is 21.6 Å². The van der Waals surface area contributed by atoms with Crippen molar-refractivity contribution in [2.45, 2.75) is 24.3 Å². The van der Waals surface area contributed by atoms with Crippen molar-refractivity contribution in [1.82, 2.24) is 14.6 Å². The Balaban J connectivity index is 0.940. The Morgan fingerprint density at radius 2 is 1.54 bits per heavy atom. The van der Waals surface area contributed by atoms with Gasteiger partial charge in [0.05, 0.1) is 28.6 Å². The van der Waals surface area contributed by atoms with Gasteiger partial charge < -0.3 is 34.3 Å². The molecule has 3 aliphatic heterocycles. The summed E-state index contributed by atoms with van der Waals surface area (Å²) in [6, 6.07) is 30.7. The molecule has 9 rings (SSSR count). The topological polar surface area (TPSA) is 172 Å². The lowest BCUT2D eigenvalue weighted by Gasteiger charge is -2.37. The normalized spacial score (nSPS) is 16.4. The zero-order valence-corrected chi connectivity index (χ0v) is 37.3. The third-order valence-corrected chi connectivity index (χ3v) is 13.9. The van der Waals surface area contributed by atoms with Gasteiger partial charge >= 0.3 is 0 Å². The second-order valence-corrected chi connectivity index (χ2v) is 18.6. The van der Waals surface area contributed by atoms with E-state index < -0.39 is 31.4 Å². The Bertz CT molecular complexity index is 2780. The number of anilines is 3. The van der Waals surface area contributed by atoms with Crippen molar-refractivity contribution < 1.29 is 32.3 Å². The molecule has 3 saturated heterocycles. The van der Waals surface area contributed by atoms with Gasteiger partial charge in [-0.15, -0.1) is 0 Å². The molecular weight excluding hydrogens is 870 g/mol. The van der Waals surface area contributed by atoms with Crippen LogP contribution < -0.4 is 24.6 Å². The summed E-state index contributed by atoms with van der Waals surface area (Å²) >= 11 is 6.26. The standard InChI is InChI=1S/C48H50ClN7O8S/c49-36-6-4-34(5-7-36)40-11-8-37(55-22-26-63-27-23-55)28-35(40)32-53-18-20-54(21-19-53)38-9-12-42(47(29-38)64-46-3-1-2-43-41(46)14-17-50-43)48(57)52-65(60,61)39-10-13-44(45(30-39)56(58)59)51-31-33-15-24-62-25-16-33/h1-14,17,28-30,33,50-51H,15-16,18-27,31-32H2,(H,52,57). The lowest BCUT2D eigenvalue weighted by Crippen LogP contribution is -2.46. The Morgan fingerprint density at radius 3 is 2.31 bits per heavy atom.